The minimum absolute atomic E-state index is 0.0304. The highest BCUT2D eigenvalue weighted by Gasteiger charge is 2.54. The van der Waals surface area contributed by atoms with Gasteiger partial charge in [-0.2, -0.15) is 9.97 Å². The van der Waals surface area contributed by atoms with Gasteiger partial charge in [0, 0.05) is 0 Å². The number of nitrogen functional groups attached to an aromatic ring is 1. The van der Waals surface area contributed by atoms with E-state index in [0.717, 1.165) is 0 Å². The molecule has 3 heterocycles. The van der Waals surface area contributed by atoms with Gasteiger partial charge in [0.1, 0.15) is 23.9 Å². The third-order valence-electron chi connectivity index (χ3n) is 6.62. The molecular formula is C26H35N6O11P. The Morgan fingerprint density at radius 1 is 1.18 bits per heavy atom. The van der Waals surface area contributed by atoms with Crippen molar-refractivity contribution >= 4 is 36.8 Å². The number of hydrogen-bond acceptors (Lipinski definition) is 15. The van der Waals surface area contributed by atoms with Crippen LogP contribution in [0.1, 0.15) is 38.6 Å². The van der Waals surface area contributed by atoms with Gasteiger partial charge in [0.05, 0.1) is 33.3 Å². The number of aliphatic hydroxyl groups excluding tert-OH is 1. The van der Waals surface area contributed by atoms with Crippen LogP contribution in [0, 0.1) is 0 Å². The third-order valence-corrected chi connectivity index (χ3v) is 8.15. The summed E-state index contributed by atoms with van der Waals surface area (Å²) in [7, 11) is -3.18. The zero-order chi connectivity index (χ0) is 32.1. The highest BCUT2D eigenvalue weighted by molar-refractivity contribution is 7.51. The highest BCUT2D eigenvalue weighted by Crippen LogP contribution is 2.48. The van der Waals surface area contributed by atoms with Gasteiger partial charge in [-0.1, -0.05) is 30.3 Å². The molecule has 0 radical (unpaired) electrons. The number of ether oxygens (including phenoxy) is 4. The fourth-order valence-corrected chi connectivity index (χ4v) is 5.93. The Balaban J connectivity index is 1.59. The molecule has 2 aromatic heterocycles. The van der Waals surface area contributed by atoms with Crippen LogP contribution in [-0.2, 0) is 37.4 Å². The molecule has 17 nitrogen and oxygen atoms in total. The SMILES string of the molecule is CCOC(=O)COP(=O)(NC(C(=O)OCC)c1ccccc1)OC[C@H]1O[C@@H](n2cnc3c(OC)nc(N)nc32)[C@](C)(O)[C@@H]1O. The van der Waals surface area contributed by atoms with Crippen LogP contribution in [0.25, 0.3) is 11.2 Å². The van der Waals surface area contributed by atoms with Crippen molar-refractivity contribution in [2.24, 2.45) is 0 Å². The van der Waals surface area contributed by atoms with Crippen molar-refractivity contribution < 1.29 is 52.4 Å². The average Bonchev–Trinajstić information content (AvgIpc) is 3.51. The maximum absolute atomic E-state index is 14.0. The van der Waals surface area contributed by atoms with E-state index in [0.29, 0.717) is 5.56 Å². The molecule has 1 aliphatic heterocycles. The summed E-state index contributed by atoms with van der Waals surface area (Å²) in [5, 5.41) is 24.9. The Morgan fingerprint density at radius 2 is 1.89 bits per heavy atom. The molecule has 4 rings (SSSR count). The molecule has 0 spiro atoms. The molecule has 44 heavy (non-hydrogen) atoms. The number of nitrogens with one attached hydrogen (secondary N) is 1. The van der Waals surface area contributed by atoms with Crippen LogP contribution in [0.5, 0.6) is 5.88 Å². The van der Waals surface area contributed by atoms with Gasteiger partial charge >= 0.3 is 19.7 Å². The number of imidazole rings is 1. The first kappa shape index (κ1) is 33.2. The van der Waals surface area contributed by atoms with Crippen molar-refractivity contribution in [1.29, 1.82) is 0 Å². The number of aliphatic hydroxyl groups is 2. The average molecular weight is 639 g/mol. The maximum Gasteiger partial charge on any atom is 0.407 e. The number of esters is 2. The molecular weight excluding hydrogens is 603 g/mol. The predicted octanol–water partition coefficient (Wildman–Crippen LogP) is 1.02. The van der Waals surface area contributed by atoms with Gasteiger partial charge in [0.15, 0.2) is 24.0 Å². The number of nitrogens with zero attached hydrogens (tertiary/aromatic N) is 4. The summed E-state index contributed by atoms with van der Waals surface area (Å²) in [5.74, 6) is -1.67. The lowest BCUT2D eigenvalue weighted by atomic mass is 9.96. The third kappa shape index (κ3) is 7.15. The van der Waals surface area contributed by atoms with Gasteiger partial charge < -0.3 is 34.9 Å². The van der Waals surface area contributed by atoms with Crippen LogP contribution in [0.2, 0.25) is 0 Å². The van der Waals surface area contributed by atoms with Crippen LogP contribution in [0.4, 0.5) is 5.95 Å². The fourth-order valence-electron chi connectivity index (χ4n) is 4.51. The first-order valence-electron chi connectivity index (χ1n) is 13.6. The standard InChI is InChI=1S/C26H35N6O11P/c1-5-39-17(33)13-42-44(37,31-18(23(35)40-6-2)15-10-8-7-9-11-15)41-12-16-20(34)26(3,36)24(43-16)32-14-28-19-21(32)29-25(27)30-22(19)38-4/h7-11,14,16,18,20,24,34,36H,5-6,12-13H2,1-4H3,(H,31,37)(H2,27,29,30)/t16-,18?,20-,24-,26-,44?/m1/s1. The minimum atomic E-state index is -4.55. The molecule has 5 N–H and O–H groups in total. The van der Waals surface area contributed by atoms with Gasteiger partial charge in [-0.25, -0.2) is 24.2 Å². The normalized spacial score (nSPS) is 23.6. The molecule has 240 valence electrons. The van der Waals surface area contributed by atoms with Crippen LogP contribution in [0.3, 0.4) is 0 Å². The van der Waals surface area contributed by atoms with Crippen LogP contribution in [-0.4, -0.2) is 93.0 Å². The Labute approximate surface area is 252 Å². The van der Waals surface area contributed by atoms with Crippen molar-refractivity contribution in [3.63, 3.8) is 0 Å². The maximum atomic E-state index is 14.0. The van der Waals surface area contributed by atoms with Gasteiger partial charge in [-0.05, 0) is 26.3 Å². The predicted molar refractivity (Wildman–Crippen MR) is 152 cm³/mol. The molecule has 6 atom stereocenters. The fraction of sp³-hybridized carbons (Fsp3) is 0.500. The number of hydrogen-bond donors (Lipinski definition) is 4. The van der Waals surface area contributed by atoms with E-state index in [-0.39, 0.29) is 36.2 Å². The number of benzene rings is 1. The van der Waals surface area contributed by atoms with E-state index in [2.05, 4.69) is 20.0 Å². The molecule has 1 fully saturated rings. The number of nitrogens with two attached hydrogens (primary N) is 1. The number of methoxy groups -OCH3 is 1. The second-order valence-corrected chi connectivity index (χ2v) is 11.5. The zero-order valence-corrected chi connectivity index (χ0v) is 25.4. The Hall–Kier alpha value is -3.70. The number of anilines is 1. The second-order valence-electron chi connectivity index (χ2n) is 9.71. The molecule has 0 bridgehead atoms. The van der Waals surface area contributed by atoms with E-state index >= 15 is 0 Å². The lowest BCUT2D eigenvalue weighted by Gasteiger charge is -2.27. The summed E-state index contributed by atoms with van der Waals surface area (Å²) in [5.41, 5.74) is 4.60. The number of carbonyl (C=O) groups is 2. The lowest BCUT2D eigenvalue weighted by Crippen LogP contribution is -2.44. The van der Waals surface area contributed by atoms with Crippen molar-refractivity contribution in [3.8, 4) is 5.88 Å². The van der Waals surface area contributed by atoms with Crippen molar-refractivity contribution in [3.05, 3.63) is 42.2 Å². The van der Waals surface area contributed by atoms with E-state index < -0.39 is 63.0 Å². The number of carbonyl (C=O) groups excluding carboxylic acids is 2. The monoisotopic (exact) mass is 638 g/mol. The molecule has 18 heteroatoms. The summed E-state index contributed by atoms with van der Waals surface area (Å²) in [6.45, 7) is 3.16. The first-order chi connectivity index (χ1) is 20.9. The highest BCUT2D eigenvalue weighted by atomic mass is 31.2. The smallest absolute Gasteiger partial charge is 0.407 e. The molecule has 1 saturated heterocycles. The molecule has 1 aliphatic rings. The first-order valence-corrected chi connectivity index (χ1v) is 15.1. The quantitative estimate of drug-likeness (QED) is 0.143. The minimum Gasteiger partial charge on any atom is -0.479 e. The topological polar surface area (TPSA) is 229 Å². The molecule has 0 amide bonds. The summed E-state index contributed by atoms with van der Waals surface area (Å²) in [6, 6.07) is 6.90. The summed E-state index contributed by atoms with van der Waals surface area (Å²) >= 11 is 0. The van der Waals surface area contributed by atoms with Crippen LogP contribution >= 0.6 is 7.75 Å². The molecule has 2 unspecified atom stereocenters. The van der Waals surface area contributed by atoms with E-state index in [1.54, 1.807) is 44.2 Å². The lowest BCUT2D eigenvalue weighted by molar-refractivity contribution is -0.145. The molecule has 3 aromatic rings. The van der Waals surface area contributed by atoms with E-state index in [1.807, 2.05) is 0 Å². The summed E-state index contributed by atoms with van der Waals surface area (Å²) in [6.07, 6.45) is -2.87. The molecule has 0 aliphatic carbocycles. The summed E-state index contributed by atoms with van der Waals surface area (Å²) in [4.78, 5) is 37.3. The van der Waals surface area contributed by atoms with E-state index in [1.165, 1.54) is 24.9 Å². The van der Waals surface area contributed by atoms with E-state index in [9.17, 15) is 24.4 Å². The second kappa shape index (κ2) is 13.9. The van der Waals surface area contributed by atoms with Crippen LogP contribution in [0.15, 0.2) is 36.7 Å². The zero-order valence-electron chi connectivity index (χ0n) is 24.5. The number of fused-ring (bicyclic) bond motifs is 1. The van der Waals surface area contributed by atoms with Crippen LogP contribution < -0.4 is 15.6 Å². The largest absolute Gasteiger partial charge is 0.479 e. The van der Waals surface area contributed by atoms with Crippen molar-refractivity contribution in [2.75, 3.05) is 39.3 Å². The summed E-state index contributed by atoms with van der Waals surface area (Å²) < 4.78 is 47.5. The Kier molecular flexibility index (Phi) is 10.5. The van der Waals surface area contributed by atoms with Gasteiger partial charge in [0.25, 0.3) is 0 Å². The molecule has 0 saturated carbocycles. The van der Waals surface area contributed by atoms with Crippen molar-refractivity contribution in [1.82, 2.24) is 24.6 Å². The Morgan fingerprint density at radius 3 is 2.55 bits per heavy atom. The Bertz CT molecular complexity index is 1500. The van der Waals surface area contributed by atoms with Gasteiger partial charge in [0.2, 0.25) is 11.8 Å². The van der Waals surface area contributed by atoms with Gasteiger partial charge in [-0.3, -0.25) is 13.6 Å². The number of aromatic nitrogens is 4. The van der Waals surface area contributed by atoms with E-state index in [4.69, 9.17) is 33.7 Å². The molecule has 1 aromatic carbocycles. The van der Waals surface area contributed by atoms with Gasteiger partial charge in [-0.15, -0.1) is 0 Å². The number of rotatable bonds is 14. The van der Waals surface area contributed by atoms with Crippen molar-refractivity contribution in [2.45, 2.75) is 50.8 Å².